The maximum atomic E-state index is 12.5. The maximum absolute atomic E-state index is 12.5. The van der Waals surface area contributed by atoms with Crippen LogP contribution in [-0.4, -0.2) is 21.2 Å². The number of nitrogens with two attached hydrogens (primary N) is 1. The van der Waals surface area contributed by atoms with Crippen LogP contribution in [0, 0.1) is 5.92 Å². The van der Waals surface area contributed by atoms with Crippen LogP contribution in [0.15, 0.2) is 18.3 Å². The molecule has 5 heteroatoms. The Labute approximate surface area is 140 Å². The summed E-state index contributed by atoms with van der Waals surface area (Å²) in [6, 6.07) is 3.33. The fourth-order valence-electron chi connectivity index (χ4n) is 4.23. The molecular weight excluding hydrogens is 304 g/mol. The van der Waals surface area contributed by atoms with Gasteiger partial charge >= 0.3 is 0 Å². The molecule has 24 heavy (non-hydrogen) atoms. The first-order valence-electron chi connectivity index (χ1n) is 8.76. The summed E-state index contributed by atoms with van der Waals surface area (Å²) in [5, 5.41) is 10.4. The number of primary amides is 1. The van der Waals surface area contributed by atoms with Crippen molar-refractivity contribution in [1.82, 2.24) is 4.40 Å². The summed E-state index contributed by atoms with van der Waals surface area (Å²) in [6.07, 6.45) is 9.73. The molecule has 2 saturated carbocycles. The van der Waals surface area contributed by atoms with Gasteiger partial charge in [0.15, 0.2) is 0 Å². The highest BCUT2D eigenvalue weighted by Gasteiger charge is 2.37. The summed E-state index contributed by atoms with van der Waals surface area (Å²) >= 11 is 0. The number of fused-ring (bicyclic) bond motifs is 1. The van der Waals surface area contributed by atoms with Crippen molar-refractivity contribution in [1.29, 1.82) is 0 Å². The lowest BCUT2D eigenvalue weighted by atomic mass is 9.94. The van der Waals surface area contributed by atoms with Crippen molar-refractivity contribution < 1.29 is 14.7 Å². The molecule has 0 atom stereocenters. The molecule has 0 aliphatic heterocycles. The summed E-state index contributed by atoms with van der Waals surface area (Å²) in [4.78, 5) is 24.1. The number of pyridine rings is 1. The molecule has 2 aliphatic carbocycles. The number of nitrogens with zero attached hydrogens (tertiary/aromatic N) is 1. The third-order valence-electron chi connectivity index (χ3n) is 5.47. The molecule has 2 aliphatic rings. The van der Waals surface area contributed by atoms with Crippen LogP contribution in [0.3, 0.4) is 0 Å². The van der Waals surface area contributed by atoms with E-state index in [-0.39, 0.29) is 5.75 Å². The lowest BCUT2D eigenvalue weighted by molar-refractivity contribution is -0.114. The minimum absolute atomic E-state index is 0.0293. The molecule has 4 rings (SSSR count). The zero-order valence-corrected chi connectivity index (χ0v) is 13.6. The molecule has 3 N–H and O–H groups in total. The molecular formula is C19H22N2O3. The highest BCUT2D eigenvalue weighted by atomic mass is 16.3. The van der Waals surface area contributed by atoms with Gasteiger partial charge in [-0.1, -0.05) is 25.7 Å². The van der Waals surface area contributed by atoms with Crippen LogP contribution in [0.5, 0.6) is 5.75 Å². The highest BCUT2D eigenvalue weighted by Crippen LogP contribution is 2.47. The highest BCUT2D eigenvalue weighted by molar-refractivity contribution is 6.44. The van der Waals surface area contributed by atoms with Crippen LogP contribution >= 0.6 is 0 Å². The van der Waals surface area contributed by atoms with Gasteiger partial charge in [0, 0.05) is 11.9 Å². The minimum atomic E-state index is -0.958. The van der Waals surface area contributed by atoms with Gasteiger partial charge in [-0.2, -0.15) is 0 Å². The zero-order valence-electron chi connectivity index (χ0n) is 13.6. The van der Waals surface area contributed by atoms with Gasteiger partial charge in [0.2, 0.25) is 0 Å². The van der Waals surface area contributed by atoms with Crippen molar-refractivity contribution in [3.63, 3.8) is 0 Å². The van der Waals surface area contributed by atoms with Crippen molar-refractivity contribution in [2.75, 3.05) is 0 Å². The molecule has 2 aromatic rings. The third-order valence-corrected chi connectivity index (χ3v) is 5.47. The first-order chi connectivity index (χ1) is 11.6. The third kappa shape index (κ3) is 2.39. The molecule has 2 fully saturated rings. The molecule has 5 nitrogen and oxygen atoms in total. The fourth-order valence-corrected chi connectivity index (χ4v) is 4.23. The lowest BCUT2D eigenvalue weighted by Gasteiger charge is -2.12. The lowest BCUT2D eigenvalue weighted by Crippen LogP contribution is -2.24. The predicted octanol–water partition coefficient (Wildman–Crippen LogP) is 2.92. The number of Topliss-reactive ketones (excluding diaryl/α,β-unsaturated/α-hetero) is 1. The van der Waals surface area contributed by atoms with Crippen LogP contribution in [0.25, 0.3) is 5.52 Å². The fraction of sp³-hybridized carbons (Fsp3) is 0.474. The number of carbonyl (C=O) groups excluding carboxylic acids is 2. The summed E-state index contributed by atoms with van der Waals surface area (Å²) in [7, 11) is 0. The number of amides is 1. The average molecular weight is 326 g/mol. The quantitative estimate of drug-likeness (QED) is 0.654. The van der Waals surface area contributed by atoms with Crippen LogP contribution < -0.4 is 5.73 Å². The summed E-state index contributed by atoms with van der Waals surface area (Å²) < 4.78 is 1.91. The van der Waals surface area contributed by atoms with E-state index in [0.717, 1.165) is 30.5 Å². The molecule has 2 heterocycles. The predicted molar refractivity (Wildman–Crippen MR) is 90.2 cm³/mol. The molecule has 0 spiro atoms. The van der Waals surface area contributed by atoms with Crippen molar-refractivity contribution in [3.8, 4) is 5.75 Å². The summed E-state index contributed by atoms with van der Waals surface area (Å²) in [6.45, 7) is 0. The van der Waals surface area contributed by atoms with Crippen LogP contribution in [0.4, 0.5) is 0 Å². The van der Waals surface area contributed by atoms with Gasteiger partial charge in [-0.15, -0.1) is 0 Å². The Morgan fingerprint density at radius 2 is 1.92 bits per heavy atom. The number of hydrogen-bond acceptors (Lipinski definition) is 3. The van der Waals surface area contributed by atoms with E-state index in [4.69, 9.17) is 5.73 Å². The Kier molecular flexibility index (Phi) is 3.59. The first-order valence-corrected chi connectivity index (χ1v) is 8.76. The van der Waals surface area contributed by atoms with Crippen molar-refractivity contribution in [2.24, 2.45) is 11.7 Å². The molecule has 1 amide bonds. The van der Waals surface area contributed by atoms with Gasteiger partial charge in [0.1, 0.15) is 5.75 Å². The van der Waals surface area contributed by atoms with E-state index in [1.54, 1.807) is 12.1 Å². The molecule has 0 bridgehead atoms. The second kappa shape index (κ2) is 5.65. The van der Waals surface area contributed by atoms with Gasteiger partial charge in [-0.05, 0) is 48.8 Å². The number of aromatic nitrogens is 1. The molecule has 0 aromatic carbocycles. The van der Waals surface area contributed by atoms with Crippen LogP contribution in [0.1, 0.15) is 66.1 Å². The van der Waals surface area contributed by atoms with Gasteiger partial charge in [-0.25, -0.2) is 0 Å². The summed E-state index contributed by atoms with van der Waals surface area (Å²) in [5.41, 5.74) is 8.10. The Bertz CT molecular complexity index is 827. The minimum Gasteiger partial charge on any atom is -0.506 e. The van der Waals surface area contributed by atoms with E-state index in [9.17, 15) is 14.7 Å². The molecule has 0 unspecified atom stereocenters. The SMILES string of the molecule is NC(=O)C(=O)c1c(C2CC2)c(CC2CCCC2)n2cccc(O)c12. The number of ketones is 1. The number of aromatic hydroxyl groups is 1. The van der Waals surface area contributed by atoms with Crippen molar-refractivity contribution >= 4 is 17.2 Å². The van der Waals surface area contributed by atoms with E-state index in [1.807, 2.05) is 10.6 Å². The molecule has 0 saturated heterocycles. The Hall–Kier alpha value is -2.30. The number of carbonyl (C=O) groups is 2. The monoisotopic (exact) mass is 326 g/mol. The van der Waals surface area contributed by atoms with E-state index in [2.05, 4.69) is 0 Å². The van der Waals surface area contributed by atoms with Gasteiger partial charge < -0.3 is 15.2 Å². The molecule has 126 valence electrons. The Morgan fingerprint density at radius 1 is 1.21 bits per heavy atom. The Morgan fingerprint density at radius 3 is 2.54 bits per heavy atom. The zero-order chi connectivity index (χ0) is 16.8. The van der Waals surface area contributed by atoms with Gasteiger partial charge in [0.25, 0.3) is 11.7 Å². The number of hydrogen-bond donors (Lipinski definition) is 2. The average Bonchev–Trinajstić information content (AvgIpc) is 3.16. The van der Waals surface area contributed by atoms with Crippen LogP contribution in [-0.2, 0) is 11.2 Å². The largest absolute Gasteiger partial charge is 0.506 e. The standard InChI is InChI=1S/C19H22N2O3/c20-19(24)18(23)16-15(12-7-8-12)13(10-11-4-1-2-5-11)21-9-3-6-14(22)17(16)21/h3,6,9,11-12,22H,1-2,4-5,7-8,10H2,(H2,20,24). The van der Waals surface area contributed by atoms with Crippen molar-refractivity contribution in [2.45, 2.75) is 50.9 Å². The molecule has 0 radical (unpaired) electrons. The number of rotatable bonds is 5. The van der Waals surface area contributed by atoms with Gasteiger partial charge in [-0.3, -0.25) is 9.59 Å². The summed E-state index contributed by atoms with van der Waals surface area (Å²) in [5.74, 6) is -0.700. The first kappa shape index (κ1) is 15.2. The Balaban J connectivity index is 1.95. The molecule has 2 aromatic heterocycles. The topological polar surface area (TPSA) is 84.8 Å². The van der Waals surface area contributed by atoms with Crippen molar-refractivity contribution in [3.05, 3.63) is 35.2 Å². The maximum Gasteiger partial charge on any atom is 0.289 e. The smallest absolute Gasteiger partial charge is 0.289 e. The van der Waals surface area contributed by atoms with E-state index >= 15 is 0 Å². The normalized spacial score (nSPS) is 18.3. The van der Waals surface area contributed by atoms with E-state index in [0.29, 0.717) is 22.9 Å². The van der Waals surface area contributed by atoms with E-state index < -0.39 is 11.7 Å². The second-order valence-corrected chi connectivity index (χ2v) is 7.17. The van der Waals surface area contributed by atoms with E-state index in [1.165, 1.54) is 25.7 Å². The van der Waals surface area contributed by atoms with Gasteiger partial charge in [0.05, 0.1) is 11.1 Å². The second-order valence-electron chi connectivity index (χ2n) is 7.17. The van der Waals surface area contributed by atoms with Crippen LogP contribution in [0.2, 0.25) is 0 Å².